The number of aliphatic hydroxyl groups excluding tert-OH is 1. The predicted octanol–water partition coefficient (Wildman–Crippen LogP) is -1.92. The molecule has 6 N–H and O–H groups in total. The molecule has 1 aliphatic heterocycles. The predicted molar refractivity (Wildman–Crippen MR) is 73.9 cm³/mol. The van der Waals surface area contributed by atoms with E-state index in [1.165, 1.54) is 23.8 Å². The first kappa shape index (κ1) is 17.0. The van der Waals surface area contributed by atoms with Crippen molar-refractivity contribution in [1.82, 2.24) is 9.55 Å². The summed E-state index contributed by atoms with van der Waals surface area (Å²) in [6.45, 7) is 1.24. The van der Waals surface area contributed by atoms with Crippen LogP contribution in [0.4, 0.5) is 0 Å². The molecule has 0 bridgehead atoms. The van der Waals surface area contributed by atoms with Crippen molar-refractivity contribution in [2.75, 3.05) is 6.61 Å². The Morgan fingerprint density at radius 3 is 2.95 bits per heavy atom. The third-order valence-corrected chi connectivity index (χ3v) is 4.30. The molecule has 1 saturated heterocycles. The second-order valence-corrected chi connectivity index (χ2v) is 6.49. The molecule has 118 valence electrons. The summed E-state index contributed by atoms with van der Waals surface area (Å²) in [5, 5.41) is 20.6. The summed E-state index contributed by atoms with van der Waals surface area (Å²) in [4.78, 5) is 22.7. The molecular formula is C10H16N3O6PSe. The Hall–Kier alpha value is -0.411. The van der Waals surface area contributed by atoms with E-state index in [4.69, 9.17) is 19.7 Å². The molecule has 1 unspecified atom stereocenters. The summed E-state index contributed by atoms with van der Waals surface area (Å²) in [6.07, 6.45) is -1.64. The minimum atomic E-state index is -2.08. The fourth-order valence-electron chi connectivity index (χ4n) is 2.14. The third kappa shape index (κ3) is 3.50. The summed E-state index contributed by atoms with van der Waals surface area (Å²) < 4.78 is 12.2. The zero-order valence-electron chi connectivity index (χ0n) is 11.0. The molecule has 0 saturated carbocycles. The Kier molecular flexibility index (Phi) is 5.15. The van der Waals surface area contributed by atoms with Gasteiger partial charge in [0, 0.05) is 0 Å². The average molecular weight is 384 g/mol. The van der Waals surface area contributed by atoms with Crippen molar-refractivity contribution < 1.29 is 24.4 Å². The van der Waals surface area contributed by atoms with Gasteiger partial charge in [0.25, 0.3) is 0 Å². The van der Waals surface area contributed by atoms with E-state index in [1.807, 2.05) is 0 Å². The number of hydrogen-bond acceptors (Lipinski definition) is 7. The van der Waals surface area contributed by atoms with Crippen LogP contribution in [0.5, 0.6) is 0 Å². The Bertz CT molecular complexity index is 617. The molecule has 1 aromatic rings. The molecule has 21 heavy (non-hydrogen) atoms. The fourth-order valence-corrected chi connectivity index (χ4v) is 2.98. The topological polar surface area (TPSA) is 143 Å². The van der Waals surface area contributed by atoms with Crippen molar-refractivity contribution in [2.24, 2.45) is 5.50 Å². The van der Waals surface area contributed by atoms with Gasteiger partial charge in [-0.1, -0.05) is 0 Å². The Morgan fingerprint density at radius 1 is 1.71 bits per heavy atom. The maximum atomic E-state index is 11.2. The first-order chi connectivity index (χ1) is 9.73. The van der Waals surface area contributed by atoms with Crippen LogP contribution in [0.1, 0.15) is 13.2 Å². The number of H-pyrrole nitrogens is 1. The maximum absolute atomic E-state index is 11.2. The van der Waals surface area contributed by atoms with Gasteiger partial charge < -0.3 is 0 Å². The second-order valence-electron chi connectivity index (χ2n) is 4.81. The van der Waals surface area contributed by atoms with Gasteiger partial charge >= 0.3 is 128 Å². The van der Waals surface area contributed by atoms with E-state index < -0.39 is 32.6 Å². The van der Waals surface area contributed by atoms with Crippen LogP contribution in [-0.2, 0) is 9.26 Å². The molecule has 0 aromatic carbocycles. The quantitative estimate of drug-likeness (QED) is 0.301. The Morgan fingerprint density at radius 2 is 2.38 bits per heavy atom. The van der Waals surface area contributed by atoms with Gasteiger partial charge in [0.05, 0.1) is 0 Å². The van der Waals surface area contributed by atoms with Crippen LogP contribution >= 0.6 is 8.53 Å². The van der Waals surface area contributed by atoms with E-state index in [0.717, 1.165) is 0 Å². The van der Waals surface area contributed by atoms with Crippen molar-refractivity contribution in [3.63, 3.8) is 0 Å². The third-order valence-electron chi connectivity index (χ3n) is 3.23. The van der Waals surface area contributed by atoms with Crippen molar-refractivity contribution in [3.8, 4) is 0 Å². The molecular weight excluding hydrogens is 368 g/mol. The normalized spacial score (nSPS) is 34.0. The van der Waals surface area contributed by atoms with Crippen LogP contribution in [-0.4, -0.2) is 64.6 Å². The number of nitrogens with two attached hydrogens (primary N) is 1. The molecule has 0 amide bonds. The van der Waals surface area contributed by atoms with Crippen LogP contribution < -0.4 is 11.1 Å². The number of aromatic nitrogens is 2. The minimum absolute atomic E-state index is 0.167. The second kappa shape index (κ2) is 6.37. The summed E-state index contributed by atoms with van der Waals surface area (Å²) in [6, 6.07) is 1.27. The van der Waals surface area contributed by atoms with Crippen molar-refractivity contribution >= 4 is 24.1 Å². The number of aromatic amines is 1. The molecule has 0 aliphatic carbocycles. The summed E-state index contributed by atoms with van der Waals surface area (Å²) in [5.74, 6) is 0. The van der Waals surface area contributed by atoms with Crippen LogP contribution in [0.3, 0.4) is 0 Å². The number of nitrogens with one attached hydrogen (secondary N) is 1. The van der Waals surface area contributed by atoms with Crippen LogP contribution in [0, 0.1) is 4.32 Å². The number of ether oxygens (including phenoxy) is 1. The molecule has 11 heteroatoms. The molecule has 1 fully saturated rings. The molecule has 1 aliphatic rings. The number of nitrogens with zero attached hydrogens (tertiary/aromatic N) is 1. The average Bonchev–Trinajstić information content (AvgIpc) is 2.60. The van der Waals surface area contributed by atoms with E-state index in [-0.39, 0.29) is 12.2 Å². The summed E-state index contributed by atoms with van der Waals surface area (Å²) in [7, 11) is -2.08. The van der Waals surface area contributed by atoms with E-state index in [9.17, 15) is 15.0 Å². The molecule has 5 atom stereocenters. The van der Waals surface area contributed by atoms with Crippen LogP contribution in [0.2, 0.25) is 0 Å². The van der Waals surface area contributed by atoms with Crippen LogP contribution in [0.25, 0.3) is 0 Å². The van der Waals surface area contributed by atoms with Gasteiger partial charge in [0.1, 0.15) is 0 Å². The van der Waals surface area contributed by atoms with Crippen molar-refractivity contribution in [3.05, 3.63) is 26.9 Å². The molecule has 1 aromatic heterocycles. The molecule has 0 spiro atoms. The monoisotopic (exact) mass is 385 g/mol. The van der Waals surface area contributed by atoms with E-state index in [1.54, 1.807) is 0 Å². The van der Waals surface area contributed by atoms with Gasteiger partial charge in [-0.15, -0.1) is 0 Å². The zero-order valence-corrected chi connectivity index (χ0v) is 13.6. The van der Waals surface area contributed by atoms with Gasteiger partial charge in [0.15, 0.2) is 0 Å². The molecule has 2 rings (SSSR count). The fraction of sp³-hybridized carbons (Fsp3) is 0.600. The standard InChI is InChI=1S/C10H16N3O6PSe/c1-10(16)7(15)5(4-18-20(11)17)19-8(10)13-3-2-6(14)12-9(13)21/h2-3,5,7-8,15-17H,4,11H2,1H3,(H,12,14,21)/t5-,7-,8-,10-,20?/m1/s1. The summed E-state index contributed by atoms with van der Waals surface area (Å²) >= 11 is 2.65. The van der Waals surface area contributed by atoms with Crippen molar-refractivity contribution in [1.29, 1.82) is 0 Å². The van der Waals surface area contributed by atoms with Gasteiger partial charge in [-0.05, 0) is 0 Å². The van der Waals surface area contributed by atoms with E-state index >= 15 is 0 Å². The molecule has 2 heterocycles. The van der Waals surface area contributed by atoms with Gasteiger partial charge in [0.2, 0.25) is 0 Å². The Balaban J connectivity index is 2.27. The van der Waals surface area contributed by atoms with Crippen LogP contribution in [0.15, 0.2) is 17.1 Å². The van der Waals surface area contributed by atoms with Gasteiger partial charge in [-0.25, -0.2) is 0 Å². The first-order valence-corrected chi connectivity index (χ1v) is 8.11. The number of rotatable bonds is 4. The van der Waals surface area contributed by atoms with E-state index in [2.05, 4.69) is 20.6 Å². The SMILES string of the molecule is C[C@@]1(O)[C@H](O)[C@@H](COP(N)O)O[C@H]1n1ccc(=O)[nH]c1=[Se]. The van der Waals surface area contributed by atoms with E-state index in [0.29, 0.717) is 4.32 Å². The first-order valence-electron chi connectivity index (χ1n) is 5.97. The van der Waals surface area contributed by atoms with Gasteiger partial charge in [-0.3, -0.25) is 0 Å². The number of hydrogen-bond donors (Lipinski definition) is 5. The zero-order chi connectivity index (χ0) is 15.8. The summed E-state index contributed by atoms with van der Waals surface area (Å²) in [5.41, 5.74) is 3.18. The van der Waals surface area contributed by atoms with Crippen molar-refractivity contribution in [2.45, 2.75) is 31.0 Å². The van der Waals surface area contributed by atoms with Gasteiger partial charge in [-0.2, -0.15) is 0 Å². The molecule has 9 nitrogen and oxygen atoms in total. The molecule has 0 radical (unpaired) electrons. The number of aliphatic hydroxyl groups is 2. The Labute approximate surface area is 128 Å².